The van der Waals surface area contributed by atoms with E-state index < -0.39 is 0 Å². The lowest BCUT2D eigenvalue weighted by atomic mass is 10.2. The standard InChI is InChI=1S/C15H16N6O/c16-15-17-9-10-4-5-11(19-14(10)20-15)12-6-7-18-21(12)13-3-1-2-8-22-13/h4-7,9,13H,1-3,8H2,(H2,16,17,19,20). The Morgan fingerprint density at radius 1 is 1.18 bits per heavy atom. The van der Waals surface area contributed by atoms with Crippen molar-refractivity contribution in [2.24, 2.45) is 0 Å². The minimum absolute atomic E-state index is 0.0216. The van der Waals surface area contributed by atoms with Gasteiger partial charge in [-0.05, 0) is 37.5 Å². The summed E-state index contributed by atoms with van der Waals surface area (Å²) in [5.41, 5.74) is 7.95. The molecule has 7 nitrogen and oxygen atoms in total. The molecular weight excluding hydrogens is 280 g/mol. The number of nitrogens with zero attached hydrogens (tertiary/aromatic N) is 5. The number of nitrogens with two attached hydrogens (primary N) is 1. The minimum Gasteiger partial charge on any atom is -0.368 e. The predicted molar refractivity (Wildman–Crippen MR) is 81.8 cm³/mol. The Morgan fingerprint density at radius 3 is 3.00 bits per heavy atom. The molecule has 1 unspecified atom stereocenters. The van der Waals surface area contributed by atoms with Crippen LogP contribution < -0.4 is 5.73 Å². The van der Waals surface area contributed by atoms with Gasteiger partial charge in [0.25, 0.3) is 0 Å². The van der Waals surface area contributed by atoms with Gasteiger partial charge in [0.2, 0.25) is 5.95 Å². The monoisotopic (exact) mass is 296 g/mol. The molecule has 1 aliphatic heterocycles. The van der Waals surface area contributed by atoms with Crippen LogP contribution in [0.5, 0.6) is 0 Å². The molecule has 0 radical (unpaired) electrons. The Hall–Kier alpha value is -2.54. The maximum atomic E-state index is 5.82. The van der Waals surface area contributed by atoms with Gasteiger partial charge in [-0.25, -0.2) is 14.6 Å². The maximum Gasteiger partial charge on any atom is 0.222 e. The van der Waals surface area contributed by atoms with E-state index >= 15 is 0 Å². The van der Waals surface area contributed by atoms with Crippen molar-refractivity contribution in [2.45, 2.75) is 25.5 Å². The first-order valence-corrected chi connectivity index (χ1v) is 7.36. The third kappa shape index (κ3) is 2.29. The van der Waals surface area contributed by atoms with Crippen LogP contribution in [0.2, 0.25) is 0 Å². The van der Waals surface area contributed by atoms with Gasteiger partial charge >= 0.3 is 0 Å². The van der Waals surface area contributed by atoms with Gasteiger partial charge in [0, 0.05) is 24.4 Å². The topological polar surface area (TPSA) is 91.7 Å². The largest absolute Gasteiger partial charge is 0.368 e. The van der Waals surface area contributed by atoms with E-state index in [4.69, 9.17) is 10.5 Å². The summed E-state index contributed by atoms with van der Waals surface area (Å²) in [7, 11) is 0. The lowest BCUT2D eigenvalue weighted by Gasteiger charge is -2.24. The van der Waals surface area contributed by atoms with Gasteiger partial charge < -0.3 is 10.5 Å². The first-order valence-electron chi connectivity index (χ1n) is 7.36. The number of hydrogen-bond donors (Lipinski definition) is 1. The average Bonchev–Trinajstić information content (AvgIpc) is 3.04. The molecule has 22 heavy (non-hydrogen) atoms. The Morgan fingerprint density at radius 2 is 2.14 bits per heavy atom. The second-order valence-corrected chi connectivity index (χ2v) is 5.32. The molecular formula is C15H16N6O. The van der Waals surface area contributed by atoms with Crippen LogP contribution in [0.3, 0.4) is 0 Å². The summed E-state index contributed by atoms with van der Waals surface area (Å²) in [6.07, 6.45) is 6.66. The Labute approximate surface area is 127 Å². The van der Waals surface area contributed by atoms with Crippen LogP contribution in [-0.2, 0) is 4.74 Å². The summed E-state index contributed by atoms with van der Waals surface area (Å²) in [5.74, 6) is 0.223. The van der Waals surface area contributed by atoms with E-state index in [1.54, 1.807) is 12.4 Å². The average molecular weight is 296 g/mol. The molecule has 0 saturated carbocycles. The highest BCUT2D eigenvalue weighted by atomic mass is 16.5. The van der Waals surface area contributed by atoms with Crippen LogP contribution in [0.4, 0.5) is 5.95 Å². The van der Waals surface area contributed by atoms with Crippen molar-refractivity contribution in [3.63, 3.8) is 0 Å². The number of pyridine rings is 1. The number of rotatable bonds is 2. The van der Waals surface area contributed by atoms with Crippen LogP contribution in [-0.4, -0.2) is 31.3 Å². The van der Waals surface area contributed by atoms with Crippen molar-refractivity contribution >= 4 is 17.0 Å². The summed E-state index contributed by atoms with van der Waals surface area (Å²) in [4.78, 5) is 12.7. The third-order valence-electron chi connectivity index (χ3n) is 3.82. The zero-order valence-electron chi connectivity index (χ0n) is 12.0. The van der Waals surface area contributed by atoms with Gasteiger partial charge in [0.15, 0.2) is 11.9 Å². The number of ether oxygens (including phenoxy) is 1. The zero-order chi connectivity index (χ0) is 14.9. The smallest absolute Gasteiger partial charge is 0.222 e. The van der Waals surface area contributed by atoms with Gasteiger partial charge in [-0.15, -0.1) is 0 Å². The number of aromatic nitrogens is 5. The second-order valence-electron chi connectivity index (χ2n) is 5.32. The fourth-order valence-corrected chi connectivity index (χ4v) is 2.73. The zero-order valence-corrected chi connectivity index (χ0v) is 12.0. The van der Waals surface area contributed by atoms with E-state index in [-0.39, 0.29) is 12.2 Å². The Bertz CT molecular complexity index is 809. The van der Waals surface area contributed by atoms with Crippen molar-refractivity contribution in [1.82, 2.24) is 24.7 Å². The summed E-state index contributed by atoms with van der Waals surface area (Å²) >= 11 is 0. The maximum absolute atomic E-state index is 5.82. The molecule has 4 rings (SSSR count). The lowest BCUT2D eigenvalue weighted by molar-refractivity contribution is -0.0384. The fourth-order valence-electron chi connectivity index (χ4n) is 2.73. The highest BCUT2D eigenvalue weighted by Gasteiger charge is 2.20. The number of anilines is 1. The van der Waals surface area contributed by atoms with E-state index in [0.29, 0.717) is 5.65 Å². The van der Waals surface area contributed by atoms with Crippen molar-refractivity contribution in [1.29, 1.82) is 0 Å². The normalized spacial score (nSPS) is 18.6. The van der Waals surface area contributed by atoms with Gasteiger partial charge in [-0.2, -0.15) is 10.1 Å². The molecule has 0 spiro atoms. The molecule has 4 heterocycles. The molecule has 1 atom stereocenters. The van der Waals surface area contributed by atoms with E-state index in [2.05, 4.69) is 20.1 Å². The van der Waals surface area contributed by atoms with Gasteiger partial charge in [0.1, 0.15) is 0 Å². The van der Waals surface area contributed by atoms with E-state index in [0.717, 1.165) is 42.6 Å². The van der Waals surface area contributed by atoms with Crippen molar-refractivity contribution < 1.29 is 4.74 Å². The molecule has 2 N–H and O–H groups in total. The summed E-state index contributed by atoms with van der Waals surface area (Å²) in [6, 6.07) is 5.82. The van der Waals surface area contributed by atoms with Crippen LogP contribution in [0.15, 0.2) is 30.6 Å². The molecule has 3 aromatic heterocycles. The highest BCUT2D eigenvalue weighted by molar-refractivity contribution is 5.77. The molecule has 0 aliphatic carbocycles. The van der Waals surface area contributed by atoms with Crippen LogP contribution in [0, 0.1) is 0 Å². The van der Waals surface area contributed by atoms with Crippen LogP contribution in [0.1, 0.15) is 25.5 Å². The molecule has 1 fully saturated rings. The highest BCUT2D eigenvalue weighted by Crippen LogP contribution is 2.28. The molecule has 1 aliphatic rings. The Kier molecular flexibility index (Phi) is 3.19. The van der Waals surface area contributed by atoms with Crippen molar-refractivity contribution in [2.75, 3.05) is 12.3 Å². The van der Waals surface area contributed by atoms with Gasteiger partial charge in [-0.3, -0.25) is 0 Å². The fraction of sp³-hybridized carbons (Fsp3) is 0.333. The van der Waals surface area contributed by atoms with Crippen LogP contribution >= 0.6 is 0 Å². The van der Waals surface area contributed by atoms with Gasteiger partial charge in [-0.1, -0.05) is 0 Å². The minimum atomic E-state index is -0.0216. The number of fused-ring (bicyclic) bond motifs is 1. The molecule has 3 aromatic rings. The summed E-state index contributed by atoms with van der Waals surface area (Å²) in [6.45, 7) is 0.777. The molecule has 0 amide bonds. The molecule has 7 heteroatoms. The molecule has 0 aromatic carbocycles. The number of hydrogen-bond acceptors (Lipinski definition) is 6. The predicted octanol–water partition coefficient (Wildman–Crippen LogP) is 2.17. The first-order chi connectivity index (χ1) is 10.8. The van der Waals surface area contributed by atoms with E-state index in [1.807, 2.05) is 22.9 Å². The third-order valence-corrected chi connectivity index (χ3v) is 3.82. The molecule has 112 valence electrons. The first kappa shape index (κ1) is 13.1. The molecule has 0 bridgehead atoms. The SMILES string of the molecule is Nc1ncc2ccc(-c3ccnn3C3CCCCO3)nc2n1. The lowest BCUT2D eigenvalue weighted by Crippen LogP contribution is -2.20. The summed E-state index contributed by atoms with van der Waals surface area (Å²) < 4.78 is 7.72. The summed E-state index contributed by atoms with van der Waals surface area (Å²) in [5, 5.41) is 5.27. The number of nitrogen functional groups attached to an aromatic ring is 1. The molecule has 1 saturated heterocycles. The van der Waals surface area contributed by atoms with Gasteiger partial charge in [0.05, 0.1) is 11.4 Å². The quantitative estimate of drug-likeness (QED) is 0.779. The Balaban J connectivity index is 1.77. The second kappa shape index (κ2) is 5.34. The van der Waals surface area contributed by atoms with E-state index in [9.17, 15) is 0 Å². The van der Waals surface area contributed by atoms with Crippen LogP contribution in [0.25, 0.3) is 22.4 Å². The van der Waals surface area contributed by atoms with Crippen molar-refractivity contribution in [3.05, 3.63) is 30.6 Å². The van der Waals surface area contributed by atoms with E-state index in [1.165, 1.54) is 0 Å². The van der Waals surface area contributed by atoms with Crippen molar-refractivity contribution in [3.8, 4) is 11.4 Å².